The van der Waals surface area contributed by atoms with Crippen LogP contribution in [0.25, 0.3) is 93.5 Å². The summed E-state index contributed by atoms with van der Waals surface area (Å²) in [5.41, 5.74) is 16.2. The lowest BCUT2D eigenvalue weighted by atomic mass is 9.90. The fraction of sp³-hybridized carbons (Fsp3) is 0. The highest BCUT2D eigenvalue weighted by Gasteiger charge is 2.24. The maximum Gasteiger partial charge on any atom is 0.0546 e. The fourth-order valence-electron chi connectivity index (χ4n) is 9.91. The highest BCUT2D eigenvalue weighted by molar-refractivity contribution is 6.13. The second kappa shape index (κ2) is 15.8. The molecular formula is C62H42N2. The minimum absolute atomic E-state index is 1.08. The third kappa shape index (κ3) is 6.35. The molecule has 0 fully saturated rings. The van der Waals surface area contributed by atoms with Gasteiger partial charge in [-0.15, -0.1) is 0 Å². The number of aromatic nitrogens is 1. The van der Waals surface area contributed by atoms with E-state index < -0.39 is 0 Å². The van der Waals surface area contributed by atoms with E-state index in [9.17, 15) is 0 Å². The molecule has 64 heavy (non-hydrogen) atoms. The van der Waals surface area contributed by atoms with Crippen molar-refractivity contribution in [2.75, 3.05) is 4.90 Å². The van der Waals surface area contributed by atoms with Crippen molar-refractivity contribution >= 4 is 60.4 Å². The average molecular weight is 815 g/mol. The second-order valence-corrected chi connectivity index (χ2v) is 16.4. The Kier molecular flexibility index (Phi) is 9.20. The summed E-state index contributed by atoms with van der Waals surface area (Å²) < 4.78 is 2.39. The summed E-state index contributed by atoms with van der Waals surface area (Å²) >= 11 is 0. The molecule has 0 spiro atoms. The Morgan fingerprint density at radius 3 is 1.62 bits per heavy atom. The van der Waals surface area contributed by atoms with Gasteiger partial charge in [-0.25, -0.2) is 0 Å². The number of benzene rings is 11. The average Bonchev–Trinajstić information content (AvgIpc) is 3.70. The molecule has 0 amide bonds. The lowest BCUT2D eigenvalue weighted by Crippen LogP contribution is -2.13. The molecule has 2 nitrogen and oxygen atoms in total. The molecule has 0 atom stereocenters. The Balaban J connectivity index is 1.18. The monoisotopic (exact) mass is 814 g/mol. The summed E-state index contributed by atoms with van der Waals surface area (Å²) in [5.74, 6) is 0. The van der Waals surface area contributed by atoms with Crippen LogP contribution in [0.5, 0.6) is 0 Å². The van der Waals surface area contributed by atoms with E-state index in [1.807, 2.05) is 0 Å². The topological polar surface area (TPSA) is 8.17 Å². The fourth-order valence-corrected chi connectivity index (χ4v) is 9.91. The number of hydrogen-bond donors (Lipinski definition) is 0. The van der Waals surface area contributed by atoms with Gasteiger partial charge in [-0.1, -0.05) is 206 Å². The molecule has 11 aromatic carbocycles. The third-order valence-electron chi connectivity index (χ3n) is 12.8. The summed E-state index contributed by atoms with van der Waals surface area (Å²) in [6.45, 7) is 0. The van der Waals surface area contributed by atoms with Gasteiger partial charge in [0.2, 0.25) is 0 Å². The van der Waals surface area contributed by atoms with Crippen LogP contribution in [-0.2, 0) is 0 Å². The van der Waals surface area contributed by atoms with E-state index in [1.165, 1.54) is 65.6 Å². The molecule has 12 aromatic rings. The summed E-state index contributed by atoms with van der Waals surface area (Å²) in [7, 11) is 0. The summed E-state index contributed by atoms with van der Waals surface area (Å²) in [5, 5.41) is 7.31. The number of anilines is 3. The molecule has 2 heteroatoms. The maximum absolute atomic E-state index is 2.52. The SMILES string of the molecule is c1ccc(-c2ccc(-c3cccc4ccccc34)cc2N(c2ccc3c(c2)c2ccccc2n3-c2ccccc2)c2ccccc2-c2cccc3cccc(-c4ccccc4)c23)cc1. The number of para-hydroxylation sites is 3. The zero-order chi connectivity index (χ0) is 42.4. The maximum atomic E-state index is 2.52. The van der Waals surface area contributed by atoms with Gasteiger partial charge in [0.25, 0.3) is 0 Å². The van der Waals surface area contributed by atoms with E-state index >= 15 is 0 Å². The minimum atomic E-state index is 1.08. The number of hydrogen-bond acceptors (Lipinski definition) is 1. The third-order valence-corrected chi connectivity index (χ3v) is 12.8. The van der Waals surface area contributed by atoms with Gasteiger partial charge in [0.1, 0.15) is 0 Å². The molecule has 0 saturated carbocycles. The first kappa shape index (κ1) is 37.3. The Hall–Kier alpha value is -8.46. The predicted molar refractivity (Wildman–Crippen MR) is 272 cm³/mol. The van der Waals surface area contributed by atoms with Crippen LogP contribution in [0.4, 0.5) is 17.1 Å². The van der Waals surface area contributed by atoms with E-state index in [2.05, 4.69) is 264 Å². The molecule has 0 radical (unpaired) electrons. The quantitative estimate of drug-likeness (QED) is 0.148. The van der Waals surface area contributed by atoms with Crippen LogP contribution in [-0.4, -0.2) is 4.57 Å². The standard InChI is InChI=1S/C62H42N2/c1-4-19-44(20-5-1)52-39-37-47(51-32-16-24-43-23-10-11-29-50(43)51)41-61(52)64(49-38-40-60-57(42-49)55-31-13-15-36-59(55)63(60)48-27-8-3-9-28-48)58-35-14-12-30-54(58)56-34-18-26-46-25-17-33-53(62(46)56)45-21-6-2-7-22-45/h1-42H. The second-order valence-electron chi connectivity index (χ2n) is 16.4. The van der Waals surface area contributed by atoms with Crippen molar-refractivity contribution < 1.29 is 0 Å². The van der Waals surface area contributed by atoms with Gasteiger partial charge < -0.3 is 9.47 Å². The zero-order valence-electron chi connectivity index (χ0n) is 35.1. The molecule has 0 aliphatic rings. The molecule has 1 heterocycles. The van der Waals surface area contributed by atoms with E-state index in [0.29, 0.717) is 0 Å². The van der Waals surface area contributed by atoms with Crippen LogP contribution in [0.15, 0.2) is 255 Å². The van der Waals surface area contributed by atoms with E-state index in [4.69, 9.17) is 0 Å². The lowest BCUT2D eigenvalue weighted by molar-refractivity contribution is 1.18. The van der Waals surface area contributed by atoms with Crippen molar-refractivity contribution in [3.63, 3.8) is 0 Å². The van der Waals surface area contributed by atoms with Gasteiger partial charge in [0.15, 0.2) is 0 Å². The Labute approximate surface area is 373 Å². The van der Waals surface area contributed by atoms with Crippen molar-refractivity contribution in [3.05, 3.63) is 255 Å². The number of rotatable bonds is 8. The van der Waals surface area contributed by atoms with Crippen LogP contribution in [0.3, 0.4) is 0 Å². The van der Waals surface area contributed by atoms with Crippen molar-refractivity contribution in [1.29, 1.82) is 0 Å². The van der Waals surface area contributed by atoms with Crippen molar-refractivity contribution in [1.82, 2.24) is 4.57 Å². The van der Waals surface area contributed by atoms with Crippen LogP contribution in [0.2, 0.25) is 0 Å². The Bertz CT molecular complexity index is 3650. The number of nitrogens with zero attached hydrogens (tertiary/aromatic N) is 2. The first-order valence-corrected chi connectivity index (χ1v) is 22.0. The van der Waals surface area contributed by atoms with E-state index in [0.717, 1.165) is 45.0 Å². The van der Waals surface area contributed by atoms with E-state index in [1.54, 1.807) is 0 Å². The number of fused-ring (bicyclic) bond motifs is 5. The molecule has 0 bridgehead atoms. The van der Waals surface area contributed by atoms with Crippen LogP contribution < -0.4 is 4.90 Å². The Morgan fingerprint density at radius 1 is 0.281 bits per heavy atom. The van der Waals surface area contributed by atoms with Gasteiger partial charge in [0, 0.05) is 33.3 Å². The molecule has 0 aliphatic carbocycles. The lowest BCUT2D eigenvalue weighted by Gasteiger charge is -2.31. The summed E-state index contributed by atoms with van der Waals surface area (Å²) in [4.78, 5) is 2.52. The molecule has 0 N–H and O–H groups in total. The van der Waals surface area contributed by atoms with Crippen LogP contribution in [0, 0.1) is 0 Å². The first-order chi connectivity index (χ1) is 31.8. The molecule has 0 aliphatic heterocycles. The molecule has 300 valence electrons. The molecule has 1 aromatic heterocycles. The molecular weight excluding hydrogens is 773 g/mol. The van der Waals surface area contributed by atoms with Crippen LogP contribution >= 0.6 is 0 Å². The van der Waals surface area contributed by atoms with Gasteiger partial charge in [-0.3, -0.25) is 0 Å². The van der Waals surface area contributed by atoms with Gasteiger partial charge in [0.05, 0.1) is 22.4 Å². The van der Waals surface area contributed by atoms with Gasteiger partial charge in [-0.05, 0) is 103 Å². The molecule has 0 unspecified atom stereocenters. The first-order valence-electron chi connectivity index (χ1n) is 22.0. The highest BCUT2D eigenvalue weighted by Crippen LogP contribution is 2.49. The molecule has 12 rings (SSSR count). The molecule has 0 saturated heterocycles. The van der Waals surface area contributed by atoms with Crippen LogP contribution in [0.1, 0.15) is 0 Å². The largest absolute Gasteiger partial charge is 0.309 e. The van der Waals surface area contributed by atoms with E-state index in [-0.39, 0.29) is 0 Å². The zero-order valence-corrected chi connectivity index (χ0v) is 35.1. The van der Waals surface area contributed by atoms with Gasteiger partial charge in [-0.2, -0.15) is 0 Å². The highest BCUT2D eigenvalue weighted by atomic mass is 15.1. The van der Waals surface area contributed by atoms with Crippen molar-refractivity contribution in [3.8, 4) is 50.2 Å². The smallest absolute Gasteiger partial charge is 0.0546 e. The van der Waals surface area contributed by atoms with Crippen molar-refractivity contribution in [2.45, 2.75) is 0 Å². The summed E-state index contributed by atoms with van der Waals surface area (Å²) in [6.07, 6.45) is 0. The predicted octanol–water partition coefficient (Wildman–Crippen LogP) is 17.2. The Morgan fingerprint density at radius 2 is 0.844 bits per heavy atom. The van der Waals surface area contributed by atoms with Crippen molar-refractivity contribution in [2.24, 2.45) is 0 Å². The minimum Gasteiger partial charge on any atom is -0.309 e. The van der Waals surface area contributed by atoms with Gasteiger partial charge >= 0.3 is 0 Å². The normalized spacial score (nSPS) is 11.4. The summed E-state index contributed by atoms with van der Waals surface area (Å²) in [6, 6.07) is 92.9.